The number of amides is 1. The number of benzene rings is 1. The molecule has 0 bridgehead atoms. The minimum Gasteiger partial charge on any atom is -0.359 e. The standard InChI is InChI=1S/C15H22N2O/c1-12-5-3-4-6-13(12)11-15(14(18)16-2)7-9-17-10-8-15/h3-6,17H,7-11H2,1-2H3,(H,16,18). The topological polar surface area (TPSA) is 41.1 Å². The lowest BCUT2D eigenvalue weighted by atomic mass is 9.73. The van der Waals surface area contributed by atoms with Crippen molar-refractivity contribution in [1.82, 2.24) is 10.6 Å². The van der Waals surface area contributed by atoms with Crippen molar-refractivity contribution in [3.8, 4) is 0 Å². The van der Waals surface area contributed by atoms with Gasteiger partial charge in [-0.25, -0.2) is 0 Å². The van der Waals surface area contributed by atoms with E-state index in [1.165, 1.54) is 11.1 Å². The number of nitrogens with one attached hydrogen (secondary N) is 2. The van der Waals surface area contributed by atoms with Crippen LogP contribution in [0.15, 0.2) is 24.3 Å². The average Bonchev–Trinajstić information content (AvgIpc) is 2.41. The van der Waals surface area contributed by atoms with Gasteiger partial charge in [-0.3, -0.25) is 4.79 Å². The second kappa shape index (κ2) is 5.53. The fourth-order valence-electron chi connectivity index (χ4n) is 2.83. The number of hydrogen-bond acceptors (Lipinski definition) is 2. The average molecular weight is 246 g/mol. The molecule has 3 nitrogen and oxygen atoms in total. The molecular weight excluding hydrogens is 224 g/mol. The zero-order chi connectivity index (χ0) is 13.0. The van der Waals surface area contributed by atoms with Crippen LogP contribution < -0.4 is 10.6 Å². The van der Waals surface area contributed by atoms with E-state index in [2.05, 4.69) is 35.8 Å². The Balaban J connectivity index is 2.25. The molecule has 0 saturated carbocycles. The first-order chi connectivity index (χ1) is 8.68. The minimum absolute atomic E-state index is 0.187. The number of carbonyl (C=O) groups excluding carboxylic acids is 1. The van der Waals surface area contributed by atoms with Crippen molar-refractivity contribution >= 4 is 5.91 Å². The summed E-state index contributed by atoms with van der Waals surface area (Å²) in [6.07, 6.45) is 2.68. The number of rotatable bonds is 3. The van der Waals surface area contributed by atoms with Crippen LogP contribution in [0.2, 0.25) is 0 Å². The van der Waals surface area contributed by atoms with Crippen molar-refractivity contribution in [3.63, 3.8) is 0 Å². The van der Waals surface area contributed by atoms with Gasteiger partial charge in [-0.2, -0.15) is 0 Å². The fraction of sp³-hybridized carbons (Fsp3) is 0.533. The van der Waals surface area contributed by atoms with E-state index >= 15 is 0 Å². The summed E-state index contributed by atoms with van der Waals surface area (Å²) in [5.74, 6) is 0.187. The van der Waals surface area contributed by atoms with Crippen LogP contribution in [-0.4, -0.2) is 26.0 Å². The predicted octanol–water partition coefficient (Wildman–Crippen LogP) is 1.65. The molecule has 2 N–H and O–H groups in total. The molecule has 3 heteroatoms. The highest BCUT2D eigenvalue weighted by atomic mass is 16.2. The zero-order valence-corrected chi connectivity index (χ0v) is 11.3. The van der Waals surface area contributed by atoms with Gasteiger partial charge in [0.05, 0.1) is 5.41 Å². The molecule has 1 aromatic rings. The van der Waals surface area contributed by atoms with Crippen molar-refractivity contribution in [2.24, 2.45) is 5.41 Å². The molecule has 1 aromatic carbocycles. The number of carbonyl (C=O) groups is 1. The fourth-order valence-corrected chi connectivity index (χ4v) is 2.83. The normalized spacial score (nSPS) is 18.3. The van der Waals surface area contributed by atoms with E-state index < -0.39 is 0 Å². The minimum atomic E-state index is -0.230. The van der Waals surface area contributed by atoms with Gasteiger partial charge in [-0.15, -0.1) is 0 Å². The number of piperidine rings is 1. The first-order valence-electron chi connectivity index (χ1n) is 6.65. The predicted molar refractivity (Wildman–Crippen MR) is 73.5 cm³/mol. The van der Waals surface area contributed by atoms with E-state index in [0.717, 1.165) is 32.4 Å². The Labute approximate surface area is 109 Å². The number of aryl methyl sites for hydroxylation is 1. The maximum Gasteiger partial charge on any atom is 0.226 e. The van der Waals surface area contributed by atoms with Crippen molar-refractivity contribution in [1.29, 1.82) is 0 Å². The molecular formula is C15H22N2O. The Morgan fingerprint density at radius 1 is 1.33 bits per heavy atom. The van der Waals surface area contributed by atoms with Crippen LogP contribution in [0.4, 0.5) is 0 Å². The Morgan fingerprint density at radius 3 is 2.61 bits per heavy atom. The molecule has 0 aromatic heterocycles. The van der Waals surface area contributed by atoms with Gasteiger partial charge in [0.15, 0.2) is 0 Å². The lowest BCUT2D eigenvalue weighted by Crippen LogP contribution is -2.48. The monoisotopic (exact) mass is 246 g/mol. The summed E-state index contributed by atoms with van der Waals surface area (Å²) in [7, 11) is 1.74. The zero-order valence-electron chi connectivity index (χ0n) is 11.3. The van der Waals surface area contributed by atoms with Gasteiger partial charge < -0.3 is 10.6 Å². The SMILES string of the molecule is CNC(=O)C1(Cc2ccccc2C)CCNCC1. The molecule has 18 heavy (non-hydrogen) atoms. The van der Waals surface area contributed by atoms with Crippen LogP contribution >= 0.6 is 0 Å². The van der Waals surface area contributed by atoms with Gasteiger partial charge in [0.25, 0.3) is 0 Å². The van der Waals surface area contributed by atoms with Crippen LogP contribution in [-0.2, 0) is 11.2 Å². The molecule has 0 aliphatic carbocycles. The summed E-state index contributed by atoms with van der Waals surface area (Å²) in [6.45, 7) is 3.98. The van der Waals surface area contributed by atoms with Gasteiger partial charge in [-0.05, 0) is 50.4 Å². The molecule has 1 amide bonds. The Morgan fingerprint density at radius 2 is 2.00 bits per heavy atom. The number of hydrogen-bond donors (Lipinski definition) is 2. The molecule has 0 spiro atoms. The molecule has 1 saturated heterocycles. The molecule has 0 atom stereocenters. The van der Waals surface area contributed by atoms with Crippen LogP contribution in [0.1, 0.15) is 24.0 Å². The van der Waals surface area contributed by atoms with Crippen LogP contribution in [0, 0.1) is 12.3 Å². The molecule has 0 radical (unpaired) electrons. The molecule has 1 aliphatic rings. The Bertz CT molecular complexity index is 422. The summed E-state index contributed by atoms with van der Waals surface area (Å²) < 4.78 is 0. The van der Waals surface area contributed by atoms with E-state index in [4.69, 9.17) is 0 Å². The summed E-state index contributed by atoms with van der Waals surface area (Å²) in [5.41, 5.74) is 2.34. The third kappa shape index (κ3) is 2.56. The second-order valence-corrected chi connectivity index (χ2v) is 5.21. The largest absolute Gasteiger partial charge is 0.359 e. The first-order valence-corrected chi connectivity index (χ1v) is 6.65. The van der Waals surface area contributed by atoms with Gasteiger partial charge in [0.2, 0.25) is 5.91 Å². The Hall–Kier alpha value is -1.35. The smallest absolute Gasteiger partial charge is 0.226 e. The van der Waals surface area contributed by atoms with Gasteiger partial charge in [0.1, 0.15) is 0 Å². The highest BCUT2D eigenvalue weighted by Crippen LogP contribution is 2.34. The second-order valence-electron chi connectivity index (χ2n) is 5.21. The quantitative estimate of drug-likeness (QED) is 0.851. The van der Waals surface area contributed by atoms with E-state index in [9.17, 15) is 4.79 Å². The molecule has 1 heterocycles. The highest BCUT2D eigenvalue weighted by Gasteiger charge is 2.39. The van der Waals surface area contributed by atoms with Crippen LogP contribution in [0.5, 0.6) is 0 Å². The van der Waals surface area contributed by atoms with Gasteiger partial charge >= 0.3 is 0 Å². The lowest BCUT2D eigenvalue weighted by Gasteiger charge is -2.36. The molecule has 1 fully saturated rings. The van der Waals surface area contributed by atoms with E-state index in [1.54, 1.807) is 7.05 Å². The molecule has 0 unspecified atom stereocenters. The van der Waals surface area contributed by atoms with Crippen molar-refractivity contribution < 1.29 is 4.79 Å². The maximum absolute atomic E-state index is 12.3. The van der Waals surface area contributed by atoms with E-state index in [1.807, 2.05) is 6.07 Å². The Kier molecular flexibility index (Phi) is 4.02. The molecule has 1 aliphatic heterocycles. The third-order valence-corrected chi connectivity index (χ3v) is 4.06. The summed E-state index contributed by atoms with van der Waals surface area (Å²) in [4.78, 5) is 12.3. The lowest BCUT2D eigenvalue weighted by molar-refractivity contribution is -0.132. The summed E-state index contributed by atoms with van der Waals surface area (Å²) >= 11 is 0. The molecule has 98 valence electrons. The highest BCUT2D eigenvalue weighted by molar-refractivity contribution is 5.83. The van der Waals surface area contributed by atoms with E-state index in [-0.39, 0.29) is 11.3 Å². The van der Waals surface area contributed by atoms with Crippen molar-refractivity contribution in [2.75, 3.05) is 20.1 Å². The first kappa shape index (κ1) is 13.1. The van der Waals surface area contributed by atoms with Crippen LogP contribution in [0.25, 0.3) is 0 Å². The van der Waals surface area contributed by atoms with Crippen molar-refractivity contribution in [3.05, 3.63) is 35.4 Å². The summed E-state index contributed by atoms with van der Waals surface area (Å²) in [5, 5.41) is 6.19. The maximum atomic E-state index is 12.3. The summed E-state index contributed by atoms with van der Waals surface area (Å²) in [6, 6.07) is 8.37. The van der Waals surface area contributed by atoms with Crippen LogP contribution in [0.3, 0.4) is 0 Å². The van der Waals surface area contributed by atoms with Crippen molar-refractivity contribution in [2.45, 2.75) is 26.2 Å². The third-order valence-electron chi connectivity index (χ3n) is 4.06. The van der Waals surface area contributed by atoms with Gasteiger partial charge in [-0.1, -0.05) is 24.3 Å². The van der Waals surface area contributed by atoms with Gasteiger partial charge in [0, 0.05) is 7.05 Å². The van der Waals surface area contributed by atoms with E-state index in [0.29, 0.717) is 0 Å². The molecule has 2 rings (SSSR count).